The van der Waals surface area contributed by atoms with Gasteiger partial charge in [-0.2, -0.15) is 36.1 Å². The molecule has 1 N–H and O–H groups in total. The monoisotopic (exact) mass is 572 g/mol. The number of carbonyl (C=O) groups is 1. The Labute approximate surface area is 228 Å². The molecule has 0 unspecified atom stereocenters. The summed E-state index contributed by atoms with van der Waals surface area (Å²) < 4.78 is 124. The molecule has 220 valence electrons. The van der Waals surface area contributed by atoms with Gasteiger partial charge in [0.25, 0.3) is 0 Å². The average Bonchev–Trinajstić information content (AvgIpc) is 3.66. The first kappa shape index (κ1) is 25.1. The van der Waals surface area contributed by atoms with Gasteiger partial charge in [-0.1, -0.05) is 0 Å². The quantitative estimate of drug-likeness (QED) is 0.306. The lowest BCUT2D eigenvalue weighted by atomic mass is 10.00. The number of alkyl halides is 6. The molecule has 2 aromatic heterocycles. The lowest BCUT2D eigenvalue weighted by molar-refractivity contribution is -0.190. The van der Waals surface area contributed by atoms with E-state index in [9.17, 15) is 31.1 Å². The van der Waals surface area contributed by atoms with Crippen LogP contribution in [0.1, 0.15) is 77.5 Å². The number of aromatic nitrogens is 4. The molecule has 0 spiro atoms. The van der Waals surface area contributed by atoms with Crippen LogP contribution in [-0.4, -0.2) is 57.2 Å². The maximum atomic E-state index is 12.9. The van der Waals surface area contributed by atoms with Crippen LogP contribution in [0.3, 0.4) is 0 Å². The summed E-state index contributed by atoms with van der Waals surface area (Å²) in [5.74, 6) is 0.183. The highest BCUT2D eigenvalue weighted by Crippen LogP contribution is 2.61. The van der Waals surface area contributed by atoms with E-state index in [0.717, 1.165) is 4.68 Å². The van der Waals surface area contributed by atoms with Gasteiger partial charge in [0.1, 0.15) is 5.60 Å². The van der Waals surface area contributed by atoms with Gasteiger partial charge in [0.05, 0.1) is 30.2 Å². The molecule has 2 aliphatic rings. The first-order valence-corrected chi connectivity index (χ1v) is 12.1. The smallest absolute Gasteiger partial charge is 0.435 e. The standard InChI is InChI=1S/C15H21F3N2O3.C10H13F3N2O/c1-13(2,3)23-12(21)20-9-5-11(19-20)22-10-4-6-14(7-8-14)15(16,17)18;11-10(12,13)9(4-5-9)3-1-7-16-8-2-6-14-15-8/h5,9H,4,6-8,10H2,1-3H3;2,6H,1,3-5,7H2,(H,14,15)/i4D2;1D2. The number of ether oxygens (including phenoxy) is 3. The molecule has 0 amide bonds. The van der Waals surface area contributed by atoms with Crippen molar-refractivity contribution in [3.05, 3.63) is 24.5 Å². The van der Waals surface area contributed by atoms with Crippen molar-refractivity contribution in [2.45, 2.75) is 90.0 Å². The van der Waals surface area contributed by atoms with Gasteiger partial charge in [-0.25, -0.2) is 9.89 Å². The van der Waals surface area contributed by atoms with E-state index < -0.39 is 73.7 Å². The van der Waals surface area contributed by atoms with Gasteiger partial charge < -0.3 is 14.2 Å². The average molecular weight is 573 g/mol. The van der Waals surface area contributed by atoms with E-state index in [1.807, 2.05) is 0 Å². The Kier molecular flexibility index (Phi) is 7.50. The van der Waals surface area contributed by atoms with Gasteiger partial charge in [0.15, 0.2) is 0 Å². The summed E-state index contributed by atoms with van der Waals surface area (Å²) in [7, 11) is 0. The Morgan fingerprint density at radius 2 is 1.51 bits per heavy atom. The molecule has 0 aliphatic heterocycles. The first-order chi connectivity index (χ1) is 19.5. The second-order valence-electron chi connectivity index (χ2n) is 10.5. The number of nitrogens with one attached hydrogen (secondary N) is 1. The summed E-state index contributed by atoms with van der Waals surface area (Å²) in [6.45, 7) is 4.06. The van der Waals surface area contributed by atoms with Crippen LogP contribution < -0.4 is 9.47 Å². The topological polar surface area (TPSA) is 91.3 Å². The van der Waals surface area contributed by atoms with Crippen LogP contribution in [0.15, 0.2) is 24.5 Å². The molecular weight excluding hydrogens is 534 g/mol. The van der Waals surface area contributed by atoms with E-state index in [2.05, 4.69) is 15.3 Å². The van der Waals surface area contributed by atoms with Crippen LogP contribution in [0.4, 0.5) is 31.1 Å². The molecule has 2 aliphatic carbocycles. The van der Waals surface area contributed by atoms with E-state index in [4.69, 9.17) is 19.7 Å². The third-order valence-electron chi connectivity index (χ3n) is 6.11. The fourth-order valence-electron chi connectivity index (χ4n) is 3.38. The molecule has 2 saturated carbocycles. The zero-order valence-corrected chi connectivity index (χ0v) is 21.7. The van der Waals surface area contributed by atoms with Crippen LogP contribution in [-0.2, 0) is 4.74 Å². The van der Waals surface area contributed by atoms with Crippen molar-refractivity contribution in [2.24, 2.45) is 10.8 Å². The minimum atomic E-state index is -4.42. The van der Waals surface area contributed by atoms with Crippen molar-refractivity contribution in [3.63, 3.8) is 0 Å². The van der Waals surface area contributed by atoms with Gasteiger partial charge in [0.2, 0.25) is 11.8 Å². The van der Waals surface area contributed by atoms with Gasteiger partial charge in [-0.15, -0.1) is 5.10 Å². The predicted molar refractivity (Wildman–Crippen MR) is 127 cm³/mol. The lowest BCUT2D eigenvalue weighted by Crippen LogP contribution is -2.27. The second kappa shape index (κ2) is 11.7. The fraction of sp³-hybridized carbons (Fsp3) is 0.720. The number of carbonyl (C=O) groups excluding carboxylic acids is 1. The highest BCUT2D eigenvalue weighted by atomic mass is 19.4. The van der Waals surface area contributed by atoms with Crippen molar-refractivity contribution in [1.82, 2.24) is 20.0 Å². The van der Waals surface area contributed by atoms with E-state index in [0.29, 0.717) is 0 Å². The zero-order chi connectivity index (χ0) is 32.5. The number of halogens is 6. The third-order valence-corrected chi connectivity index (χ3v) is 6.11. The number of hydrogen-bond donors (Lipinski definition) is 1. The van der Waals surface area contributed by atoms with E-state index in [-0.39, 0.29) is 37.4 Å². The summed E-state index contributed by atoms with van der Waals surface area (Å²) in [4.78, 5) is 11.8. The fourth-order valence-corrected chi connectivity index (χ4v) is 3.38. The lowest BCUT2D eigenvalue weighted by Gasteiger charge is -2.19. The van der Waals surface area contributed by atoms with Crippen LogP contribution >= 0.6 is 0 Å². The highest BCUT2D eigenvalue weighted by Gasteiger charge is 2.63. The van der Waals surface area contributed by atoms with E-state index >= 15 is 0 Å². The number of hydrogen-bond acceptors (Lipinski definition) is 6. The van der Waals surface area contributed by atoms with Gasteiger partial charge in [-0.05, 0) is 72.0 Å². The molecule has 4 rings (SSSR count). The zero-order valence-electron chi connectivity index (χ0n) is 25.7. The first-order valence-electron chi connectivity index (χ1n) is 14.1. The van der Waals surface area contributed by atoms with E-state index in [1.54, 1.807) is 20.8 Å². The Balaban J connectivity index is 0.000000248. The largest absolute Gasteiger partial charge is 0.478 e. The SMILES string of the molecule is [2H]C([2H])(COc1ccn(C(=O)OC(C)(C)C)n1)CC1(C(F)(F)F)CC1.[2H]C([2H])(COc1ccn[nH]1)CC1(C(F)(F)F)CC1. The molecule has 8 nitrogen and oxygen atoms in total. The van der Waals surface area contributed by atoms with Gasteiger partial charge in [-0.3, -0.25) is 0 Å². The molecule has 0 bridgehead atoms. The Bertz CT molecular complexity index is 1220. The molecule has 14 heteroatoms. The van der Waals surface area contributed by atoms with Crippen LogP contribution in [0.5, 0.6) is 11.8 Å². The molecule has 2 fully saturated rings. The maximum absolute atomic E-state index is 12.9. The number of rotatable bonds is 10. The molecular formula is C25H34F6N4O4. The Hall–Kier alpha value is -2.93. The number of aromatic amines is 1. The molecule has 0 radical (unpaired) electrons. The van der Waals surface area contributed by atoms with Crippen molar-refractivity contribution in [3.8, 4) is 11.8 Å². The maximum Gasteiger partial charge on any atom is 0.435 e. The summed E-state index contributed by atoms with van der Waals surface area (Å²) in [6, 6.07) is 2.80. The van der Waals surface area contributed by atoms with Crippen LogP contribution in [0.25, 0.3) is 0 Å². The highest BCUT2D eigenvalue weighted by molar-refractivity contribution is 5.69. The third kappa shape index (κ3) is 8.79. The van der Waals surface area contributed by atoms with Crippen molar-refractivity contribution in [2.75, 3.05) is 13.2 Å². The Morgan fingerprint density at radius 1 is 0.974 bits per heavy atom. The number of H-pyrrole nitrogens is 1. The van der Waals surface area contributed by atoms with Crippen molar-refractivity contribution in [1.29, 1.82) is 0 Å². The molecule has 39 heavy (non-hydrogen) atoms. The molecule has 0 saturated heterocycles. The Morgan fingerprint density at radius 3 is 1.95 bits per heavy atom. The normalized spacial score (nSPS) is 19.8. The second-order valence-corrected chi connectivity index (χ2v) is 10.5. The van der Waals surface area contributed by atoms with Gasteiger partial charge >= 0.3 is 18.4 Å². The minimum absolute atomic E-state index is 0.0000670. The summed E-state index contributed by atoms with van der Waals surface area (Å²) in [6.07, 6.45) is -12.3. The number of nitrogens with zero attached hydrogens (tertiary/aromatic N) is 3. The predicted octanol–water partition coefficient (Wildman–Crippen LogP) is 7.08. The van der Waals surface area contributed by atoms with Gasteiger partial charge in [0, 0.05) is 23.8 Å². The van der Waals surface area contributed by atoms with Crippen molar-refractivity contribution >= 4 is 6.09 Å². The van der Waals surface area contributed by atoms with Crippen molar-refractivity contribution < 1.29 is 50.8 Å². The summed E-state index contributed by atoms with van der Waals surface area (Å²) in [5, 5.41) is 9.84. The molecule has 0 aromatic carbocycles. The molecule has 2 aromatic rings. The summed E-state index contributed by atoms with van der Waals surface area (Å²) in [5.41, 5.74) is -4.51. The van der Waals surface area contributed by atoms with Crippen LogP contribution in [0.2, 0.25) is 0 Å². The molecule has 2 heterocycles. The molecule has 0 atom stereocenters. The summed E-state index contributed by atoms with van der Waals surface area (Å²) >= 11 is 0. The van der Waals surface area contributed by atoms with Crippen LogP contribution in [0, 0.1) is 10.8 Å². The van der Waals surface area contributed by atoms with E-state index in [1.165, 1.54) is 24.5 Å². The minimum Gasteiger partial charge on any atom is -0.478 e.